The predicted molar refractivity (Wildman–Crippen MR) is 49.6 cm³/mol. The van der Waals surface area contributed by atoms with E-state index < -0.39 is 6.23 Å². The van der Waals surface area contributed by atoms with Gasteiger partial charge in [-0.2, -0.15) is 5.26 Å². The van der Waals surface area contributed by atoms with E-state index >= 15 is 0 Å². The fourth-order valence-electron chi connectivity index (χ4n) is 1.38. The number of aliphatic hydroxyl groups excluding tert-OH is 1. The molecule has 0 saturated heterocycles. The van der Waals surface area contributed by atoms with Crippen LogP contribution in [-0.2, 0) is 0 Å². The minimum atomic E-state index is -0.833. The van der Waals surface area contributed by atoms with Crippen LogP contribution in [0.2, 0.25) is 0 Å². The van der Waals surface area contributed by atoms with Crippen LogP contribution in [0.4, 0.5) is 5.69 Å². The van der Waals surface area contributed by atoms with E-state index in [1.54, 1.807) is 6.08 Å². The molecule has 1 N–H and O–H groups in total. The van der Waals surface area contributed by atoms with E-state index in [2.05, 4.69) is 0 Å². The van der Waals surface area contributed by atoms with Crippen LogP contribution in [0.5, 0.6) is 0 Å². The molecule has 1 heterocycles. The molecule has 64 valence electrons. The highest BCUT2D eigenvalue weighted by Gasteiger charge is 2.18. The molecule has 0 spiro atoms. The normalized spacial score (nSPS) is 19.4. The minimum Gasteiger partial charge on any atom is -0.369 e. The molecule has 2 rings (SSSR count). The van der Waals surface area contributed by atoms with Crippen LogP contribution in [0.1, 0.15) is 5.56 Å². The van der Waals surface area contributed by atoms with E-state index in [4.69, 9.17) is 5.26 Å². The number of rotatable bonds is 0. The summed E-state index contributed by atoms with van der Waals surface area (Å²) in [5, 5.41) is 18.2. The predicted octanol–water partition coefficient (Wildman–Crippen LogP) is 1.32. The zero-order valence-electron chi connectivity index (χ0n) is 6.88. The van der Waals surface area contributed by atoms with Gasteiger partial charge in [-0.05, 0) is 17.7 Å². The second-order valence-electron chi connectivity index (χ2n) is 2.80. The summed E-state index contributed by atoms with van der Waals surface area (Å²) in [7, 11) is 0. The number of nitrogens with zero attached hydrogens (tertiary/aromatic N) is 2. The van der Waals surface area contributed by atoms with Crippen molar-refractivity contribution in [3.05, 3.63) is 35.9 Å². The first-order chi connectivity index (χ1) is 6.33. The highest BCUT2D eigenvalue weighted by molar-refractivity contribution is 5.73. The monoisotopic (exact) mass is 172 g/mol. The highest BCUT2D eigenvalue weighted by Crippen LogP contribution is 2.26. The van der Waals surface area contributed by atoms with E-state index in [1.165, 1.54) is 4.90 Å². The van der Waals surface area contributed by atoms with E-state index in [0.29, 0.717) is 0 Å². The first-order valence-corrected chi connectivity index (χ1v) is 3.97. The second-order valence-corrected chi connectivity index (χ2v) is 2.80. The van der Waals surface area contributed by atoms with Crippen LogP contribution in [0, 0.1) is 11.5 Å². The molecule has 0 saturated carbocycles. The molecule has 1 aliphatic rings. The zero-order valence-corrected chi connectivity index (χ0v) is 6.88. The number of hydrogen-bond acceptors (Lipinski definition) is 3. The Labute approximate surface area is 76.1 Å². The second kappa shape index (κ2) is 2.92. The first-order valence-electron chi connectivity index (χ1n) is 3.97. The summed E-state index contributed by atoms with van der Waals surface area (Å²) in [5.41, 5.74) is 1.70. The molecule has 1 aliphatic heterocycles. The number of hydrogen-bond donors (Lipinski definition) is 1. The minimum absolute atomic E-state index is 0.750. The number of fused-ring (bicyclic) bond motifs is 1. The van der Waals surface area contributed by atoms with Crippen LogP contribution in [0.3, 0.4) is 0 Å². The lowest BCUT2D eigenvalue weighted by Crippen LogP contribution is -2.31. The van der Waals surface area contributed by atoms with E-state index in [9.17, 15) is 5.11 Å². The van der Waals surface area contributed by atoms with Gasteiger partial charge in [0.2, 0.25) is 0 Å². The lowest BCUT2D eigenvalue weighted by molar-refractivity contribution is 0.229. The number of aliphatic hydroxyl groups is 1. The maximum Gasteiger partial charge on any atom is 0.186 e. The largest absolute Gasteiger partial charge is 0.369 e. The molecule has 1 aromatic carbocycles. The lowest BCUT2D eigenvalue weighted by Gasteiger charge is -2.24. The third-order valence-electron chi connectivity index (χ3n) is 2.02. The number of para-hydroxylation sites is 1. The Morgan fingerprint density at radius 3 is 2.92 bits per heavy atom. The van der Waals surface area contributed by atoms with Gasteiger partial charge in [-0.15, -0.1) is 0 Å². The van der Waals surface area contributed by atoms with Crippen LogP contribution in [0.25, 0.3) is 6.08 Å². The quantitative estimate of drug-likeness (QED) is 0.600. The zero-order chi connectivity index (χ0) is 9.26. The molecule has 0 bridgehead atoms. The van der Waals surface area contributed by atoms with Crippen LogP contribution in [0.15, 0.2) is 30.3 Å². The van der Waals surface area contributed by atoms with Gasteiger partial charge < -0.3 is 5.11 Å². The Balaban J connectivity index is 2.55. The average molecular weight is 172 g/mol. The Hall–Kier alpha value is -1.79. The first kappa shape index (κ1) is 7.84. The van der Waals surface area contributed by atoms with Gasteiger partial charge in [0.05, 0.1) is 5.69 Å². The summed E-state index contributed by atoms with van der Waals surface area (Å²) in [6.45, 7) is 0. The van der Waals surface area contributed by atoms with Gasteiger partial charge in [-0.3, -0.25) is 0 Å². The molecule has 1 atom stereocenters. The molecule has 0 aliphatic carbocycles. The third kappa shape index (κ3) is 1.17. The van der Waals surface area contributed by atoms with Crippen LogP contribution < -0.4 is 4.90 Å². The van der Waals surface area contributed by atoms with Crippen molar-refractivity contribution in [1.29, 1.82) is 5.26 Å². The molecular weight excluding hydrogens is 164 g/mol. The van der Waals surface area contributed by atoms with Crippen molar-refractivity contribution in [2.24, 2.45) is 0 Å². The molecule has 0 aromatic heterocycles. The van der Waals surface area contributed by atoms with Gasteiger partial charge in [0.25, 0.3) is 0 Å². The molecule has 0 amide bonds. The van der Waals surface area contributed by atoms with Crippen molar-refractivity contribution in [3.8, 4) is 6.19 Å². The summed E-state index contributed by atoms with van der Waals surface area (Å²) in [5.74, 6) is 0. The lowest BCUT2D eigenvalue weighted by atomic mass is 10.1. The Morgan fingerprint density at radius 2 is 2.15 bits per heavy atom. The molecular formula is C10H8N2O. The Bertz CT molecular complexity index is 392. The maximum atomic E-state index is 9.43. The average Bonchev–Trinajstić information content (AvgIpc) is 2.18. The standard InChI is InChI=1S/C10H8N2O/c11-7-12-9-4-2-1-3-8(9)5-6-10(12)13/h1-6,10,13H/t10-/m1/s1. The highest BCUT2D eigenvalue weighted by atomic mass is 16.3. The van der Waals surface area contributed by atoms with Gasteiger partial charge in [0.15, 0.2) is 12.4 Å². The molecule has 1 aromatic rings. The van der Waals surface area contributed by atoms with E-state index in [-0.39, 0.29) is 0 Å². The Morgan fingerprint density at radius 1 is 1.38 bits per heavy atom. The molecule has 3 nitrogen and oxygen atoms in total. The van der Waals surface area contributed by atoms with Crippen molar-refractivity contribution < 1.29 is 5.11 Å². The Kier molecular flexibility index (Phi) is 1.76. The van der Waals surface area contributed by atoms with Gasteiger partial charge in [-0.25, -0.2) is 4.90 Å². The molecule has 13 heavy (non-hydrogen) atoms. The fourth-order valence-corrected chi connectivity index (χ4v) is 1.38. The molecule has 0 fully saturated rings. The van der Waals surface area contributed by atoms with Crippen LogP contribution in [-0.4, -0.2) is 11.3 Å². The number of nitriles is 1. The summed E-state index contributed by atoms with van der Waals surface area (Å²) in [4.78, 5) is 1.27. The van der Waals surface area contributed by atoms with Crippen molar-refractivity contribution in [2.45, 2.75) is 6.23 Å². The van der Waals surface area contributed by atoms with Gasteiger partial charge in [0, 0.05) is 0 Å². The topological polar surface area (TPSA) is 47.3 Å². The summed E-state index contributed by atoms with van der Waals surface area (Å²) >= 11 is 0. The van der Waals surface area contributed by atoms with Crippen molar-refractivity contribution in [2.75, 3.05) is 4.90 Å². The fraction of sp³-hybridized carbons (Fsp3) is 0.100. The number of benzene rings is 1. The summed E-state index contributed by atoms with van der Waals surface area (Å²) < 4.78 is 0. The van der Waals surface area contributed by atoms with Crippen molar-refractivity contribution in [3.63, 3.8) is 0 Å². The van der Waals surface area contributed by atoms with Crippen LogP contribution >= 0.6 is 0 Å². The van der Waals surface area contributed by atoms with E-state index in [0.717, 1.165) is 11.3 Å². The maximum absolute atomic E-state index is 9.43. The molecule has 0 unspecified atom stereocenters. The van der Waals surface area contributed by atoms with Gasteiger partial charge >= 0.3 is 0 Å². The van der Waals surface area contributed by atoms with Gasteiger partial charge in [-0.1, -0.05) is 24.3 Å². The van der Waals surface area contributed by atoms with Crippen molar-refractivity contribution in [1.82, 2.24) is 0 Å². The van der Waals surface area contributed by atoms with Crippen molar-refractivity contribution >= 4 is 11.8 Å². The molecule has 0 radical (unpaired) electrons. The summed E-state index contributed by atoms with van der Waals surface area (Å²) in [6, 6.07) is 7.46. The summed E-state index contributed by atoms with van der Waals surface area (Å²) in [6.07, 6.45) is 4.51. The van der Waals surface area contributed by atoms with E-state index in [1.807, 2.05) is 36.5 Å². The smallest absolute Gasteiger partial charge is 0.186 e. The SMILES string of the molecule is N#CN1c2ccccc2C=C[C@H]1O. The number of anilines is 1. The van der Waals surface area contributed by atoms with Gasteiger partial charge in [0.1, 0.15) is 0 Å². The third-order valence-corrected chi connectivity index (χ3v) is 2.02. The molecule has 3 heteroatoms.